The zero-order valence-electron chi connectivity index (χ0n) is 20.9. The monoisotopic (exact) mass is 505 g/mol. The van der Waals surface area contributed by atoms with Gasteiger partial charge in [-0.2, -0.15) is 5.10 Å². The van der Waals surface area contributed by atoms with Gasteiger partial charge in [-0.25, -0.2) is 10.2 Å². The van der Waals surface area contributed by atoms with E-state index < -0.39 is 17.8 Å². The summed E-state index contributed by atoms with van der Waals surface area (Å²) in [4.78, 5) is 36.8. The Morgan fingerprint density at radius 1 is 0.784 bits per heavy atom. The number of amides is 2. The third-order valence-corrected chi connectivity index (χ3v) is 5.14. The number of nitrogens with zero attached hydrogens (tertiary/aromatic N) is 1. The number of nitrogens with one attached hydrogen (secondary N) is 2. The van der Waals surface area contributed by atoms with E-state index in [0.29, 0.717) is 33.9 Å². The first-order valence-corrected chi connectivity index (χ1v) is 11.1. The van der Waals surface area contributed by atoms with Gasteiger partial charge >= 0.3 is 5.97 Å². The molecule has 0 aliphatic rings. The molecule has 3 rings (SSSR count). The second kappa shape index (κ2) is 12.7. The Kier molecular flexibility index (Phi) is 9.20. The molecule has 0 atom stereocenters. The van der Waals surface area contributed by atoms with Crippen LogP contribution in [0.5, 0.6) is 23.0 Å². The number of hydrogen-bond donors (Lipinski definition) is 2. The summed E-state index contributed by atoms with van der Waals surface area (Å²) >= 11 is 0. The Morgan fingerprint density at radius 3 is 2.08 bits per heavy atom. The molecule has 0 aliphatic heterocycles. The predicted octanol–water partition coefficient (Wildman–Crippen LogP) is 3.12. The van der Waals surface area contributed by atoms with Crippen LogP contribution >= 0.6 is 0 Å². The molecule has 0 radical (unpaired) electrons. The third-order valence-electron chi connectivity index (χ3n) is 5.14. The summed E-state index contributed by atoms with van der Waals surface area (Å²) in [5.74, 6) is -0.0516. The molecule has 0 unspecified atom stereocenters. The van der Waals surface area contributed by atoms with E-state index in [0.717, 1.165) is 5.56 Å². The molecule has 0 fully saturated rings. The van der Waals surface area contributed by atoms with Gasteiger partial charge in [-0.15, -0.1) is 0 Å². The summed E-state index contributed by atoms with van der Waals surface area (Å²) in [5, 5.41) is 6.40. The van der Waals surface area contributed by atoms with Crippen LogP contribution in [0.15, 0.2) is 65.8 Å². The van der Waals surface area contributed by atoms with Crippen LogP contribution in [0, 0.1) is 6.92 Å². The first kappa shape index (κ1) is 26.7. The minimum absolute atomic E-state index is 0.243. The van der Waals surface area contributed by atoms with E-state index in [2.05, 4.69) is 15.8 Å². The molecule has 0 saturated carbocycles. The summed E-state index contributed by atoms with van der Waals surface area (Å²) < 4.78 is 21.1. The summed E-state index contributed by atoms with van der Waals surface area (Å²) in [6.07, 6.45) is 1.39. The molecule has 10 heteroatoms. The fraction of sp³-hybridized carbons (Fsp3) is 0.185. The maximum absolute atomic E-state index is 12.4. The van der Waals surface area contributed by atoms with Gasteiger partial charge in [-0.1, -0.05) is 17.7 Å². The lowest BCUT2D eigenvalue weighted by molar-refractivity contribution is -0.120. The van der Waals surface area contributed by atoms with Crippen molar-refractivity contribution in [3.05, 3.63) is 82.9 Å². The van der Waals surface area contributed by atoms with Crippen molar-refractivity contribution in [1.29, 1.82) is 0 Å². The molecule has 192 valence electrons. The van der Waals surface area contributed by atoms with Crippen molar-refractivity contribution in [2.45, 2.75) is 6.92 Å². The Morgan fingerprint density at radius 2 is 1.41 bits per heavy atom. The number of aryl methyl sites for hydroxylation is 1. The van der Waals surface area contributed by atoms with Crippen LogP contribution in [0.2, 0.25) is 0 Å². The van der Waals surface area contributed by atoms with E-state index >= 15 is 0 Å². The van der Waals surface area contributed by atoms with Gasteiger partial charge in [0.1, 0.15) is 0 Å². The van der Waals surface area contributed by atoms with Crippen LogP contribution in [0.25, 0.3) is 0 Å². The van der Waals surface area contributed by atoms with Crippen molar-refractivity contribution in [3.8, 4) is 23.0 Å². The Hall–Kier alpha value is -4.86. The van der Waals surface area contributed by atoms with Crippen molar-refractivity contribution in [3.63, 3.8) is 0 Å². The standard InChI is InChI=1S/C27H27N3O7/c1-17-5-8-19(9-6-17)27(33)37-22-11-7-18(13-23(22)35-3)15-29-30-25(31)16-28-26(32)20-10-12-21(34-2)24(14-20)36-4/h5-15H,16H2,1-4H3,(H,28,32)(H,30,31)/b29-15+. The number of benzene rings is 3. The zero-order chi connectivity index (χ0) is 26.8. The summed E-state index contributed by atoms with van der Waals surface area (Å²) in [6.45, 7) is 1.64. The summed E-state index contributed by atoms with van der Waals surface area (Å²) in [5.41, 5.74) is 4.68. The molecule has 3 aromatic rings. The smallest absolute Gasteiger partial charge is 0.343 e. The molecule has 0 heterocycles. The number of rotatable bonds is 10. The van der Waals surface area contributed by atoms with Gasteiger partial charge in [-0.05, 0) is 61.0 Å². The SMILES string of the molecule is COc1ccc(C(=O)NCC(=O)N/N=C/c2ccc(OC(=O)c3ccc(C)cc3)c(OC)c2)cc1OC. The molecule has 10 nitrogen and oxygen atoms in total. The van der Waals surface area contributed by atoms with Crippen LogP contribution in [0.3, 0.4) is 0 Å². The number of hydrazone groups is 1. The van der Waals surface area contributed by atoms with Crippen LogP contribution in [0.1, 0.15) is 31.8 Å². The quantitative estimate of drug-likeness (QED) is 0.188. The van der Waals surface area contributed by atoms with Gasteiger partial charge in [0.05, 0.1) is 39.7 Å². The molecule has 0 aromatic heterocycles. The average molecular weight is 506 g/mol. The number of carbonyl (C=O) groups is 3. The highest BCUT2D eigenvalue weighted by molar-refractivity contribution is 5.97. The second-order valence-electron chi connectivity index (χ2n) is 7.71. The van der Waals surface area contributed by atoms with Crippen molar-refractivity contribution < 1.29 is 33.3 Å². The van der Waals surface area contributed by atoms with E-state index in [1.165, 1.54) is 33.6 Å². The second-order valence-corrected chi connectivity index (χ2v) is 7.71. The van der Waals surface area contributed by atoms with Crippen LogP contribution in [-0.2, 0) is 4.79 Å². The van der Waals surface area contributed by atoms with E-state index in [1.54, 1.807) is 42.5 Å². The van der Waals surface area contributed by atoms with Crippen molar-refractivity contribution in [2.24, 2.45) is 5.10 Å². The minimum atomic E-state index is -0.527. The van der Waals surface area contributed by atoms with Crippen molar-refractivity contribution in [1.82, 2.24) is 10.7 Å². The first-order valence-electron chi connectivity index (χ1n) is 11.1. The molecule has 3 aromatic carbocycles. The van der Waals surface area contributed by atoms with Gasteiger partial charge in [0.25, 0.3) is 11.8 Å². The predicted molar refractivity (Wildman–Crippen MR) is 137 cm³/mol. The van der Waals surface area contributed by atoms with Gasteiger partial charge in [-0.3, -0.25) is 9.59 Å². The first-order chi connectivity index (χ1) is 17.8. The van der Waals surface area contributed by atoms with E-state index in [4.69, 9.17) is 18.9 Å². The molecule has 0 spiro atoms. The lowest BCUT2D eigenvalue weighted by Gasteiger charge is -2.10. The lowest BCUT2D eigenvalue weighted by Crippen LogP contribution is -2.34. The zero-order valence-corrected chi connectivity index (χ0v) is 20.9. The fourth-order valence-electron chi connectivity index (χ4n) is 3.16. The van der Waals surface area contributed by atoms with Crippen LogP contribution in [-0.4, -0.2) is 51.9 Å². The minimum Gasteiger partial charge on any atom is -0.493 e. The number of methoxy groups -OCH3 is 3. The Bertz CT molecular complexity index is 1300. The molecule has 0 aliphatic carbocycles. The van der Waals surface area contributed by atoms with E-state index in [9.17, 15) is 14.4 Å². The maximum atomic E-state index is 12.4. The van der Waals surface area contributed by atoms with Gasteiger partial charge in [0.15, 0.2) is 23.0 Å². The normalized spacial score (nSPS) is 10.5. The molecular weight excluding hydrogens is 478 g/mol. The van der Waals surface area contributed by atoms with Crippen molar-refractivity contribution in [2.75, 3.05) is 27.9 Å². The number of carbonyl (C=O) groups excluding carboxylic acids is 3. The van der Waals surface area contributed by atoms with E-state index in [1.807, 2.05) is 19.1 Å². The molecule has 2 amide bonds. The largest absolute Gasteiger partial charge is 0.493 e. The molecule has 37 heavy (non-hydrogen) atoms. The molecule has 0 bridgehead atoms. The number of esters is 1. The van der Waals surface area contributed by atoms with Crippen LogP contribution < -0.4 is 29.7 Å². The maximum Gasteiger partial charge on any atom is 0.343 e. The highest BCUT2D eigenvalue weighted by atomic mass is 16.6. The highest BCUT2D eigenvalue weighted by Crippen LogP contribution is 2.29. The van der Waals surface area contributed by atoms with Crippen LogP contribution in [0.4, 0.5) is 0 Å². The summed E-state index contributed by atoms with van der Waals surface area (Å²) in [7, 11) is 4.41. The molecule has 0 saturated heterocycles. The topological polar surface area (TPSA) is 125 Å². The average Bonchev–Trinajstić information content (AvgIpc) is 2.92. The lowest BCUT2D eigenvalue weighted by atomic mass is 10.1. The number of ether oxygens (including phenoxy) is 4. The number of hydrogen-bond acceptors (Lipinski definition) is 8. The Balaban J connectivity index is 1.54. The van der Waals surface area contributed by atoms with Crippen molar-refractivity contribution >= 4 is 24.0 Å². The summed E-state index contributed by atoms with van der Waals surface area (Å²) in [6, 6.07) is 16.5. The van der Waals surface area contributed by atoms with E-state index in [-0.39, 0.29) is 12.3 Å². The van der Waals surface area contributed by atoms with Gasteiger partial charge < -0.3 is 24.3 Å². The Labute approximate surface area is 214 Å². The molecule has 2 N–H and O–H groups in total. The fourth-order valence-corrected chi connectivity index (χ4v) is 3.16. The van der Waals surface area contributed by atoms with Gasteiger partial charge in [0, 0.05) is 5.56 Å². The molecular formula is C27H27N3O7. The van der Waals surface area contributed by atoms with Gasteiger partial charge in [0.2, 0.25) is 0 Å². The third kappa shape index (κ3) is 7.31. The highest BCUT2D eigenvalue weighted by Gasteiger charge is 2.14.